The van der Waals surface area contributed by atoms with E-state index in [0.717, 1.165) is 11.3 Å². The van der Waals surface area contributed by atoms with Gasteiger partial charge in [0.25, 0.3) is 0 Å². The molecule has 0 atom stereocenters. The van der Waals surface area contributed by atoms with Gasteiger partial charge in [0.1, 0.15) is 0 Å². The number of methoxy groups -OCH3 is 1. The average molecular weight is 301 g/mol. The van der Waals surface area contributed by atoms with Gasteiger partial charge in [-0.25, -0.2) is 9.18 Å². The van der Waals surface area contributed by atoms with E-state index in [-0.39, 0.29) is 11.8 Å². The standard InChI is InChI=1S/C16H16FN3O2/c1-11-5-6-18-10-14(11)20-8-7-19(16(20)21)12-3-4-15(22-2)13(17)9-12/h3-6,9-10H,7-8H2,1-2H3. The van der Waals surface area contributed by atoms with Gasteiger partial charge in [-0.1, -0.05) is 0 Å². The summed E-state index contributed by atoms with van der Waals surface area (Å²) >= 11 is 0. The number of aromatic nitrogens is 1. The molecule has 0 spiro atoms. The van der Waals surface area contributed by atoms with Gasteiger partial charge in [-0.3, -0.25) is 14.8 Å². The molecule has 1 aromatic carbocycles. The second-order valence-corrected chi connectivity index (χ2v) is 5.07. The van der Waals surface area contributed by atoms with Crippen LogP contribution in [0, 0.1) is 12.7 Å². The largest absolute Gasteiger partial charge is 0.494 e. The van der Waals surface area contributed by atoms with Gasteiger partial charge < -0.3 is 4.74 Å². The first kappa shape index (κ1) is 14.3. The topological polar surface area (TPSA) is 45.7 Å². The van der Waals surface area contributed by atoms with Gasteiger partial charge in [0.15, 0.2) is 11.6 Å². The van der Waals surface area contributed by atoms with Crippen molar-refractivity contribution in [2.24, 2.45) is 0 Å². The number of ether oxygens (including phenoxy) is 1. The first-order chi connectivity index (χ1) is 10.6. The quantitative estimate of drug-likeness (QED) is 0.875. The molecule has 2 aromatic rings. The molecular formula is C16H16FN3O2. The molecule has 3 rings (SSSR count). The van der Waals surface area contributed by atoms with E-state index in [4.69, 9.17) is 4.74 Å². The summed E-state index contributed by atoms with van der Waals surface area (Å²) in [6, 6.07) is 6.20. The number of amides is 2. The van der Waals surface area contributed by atoms with Crippen molar-refractivity contribution in [1.82, 2.24) is 4.98 Å². The van der Waals surface area contributed by atoms with Crippen molar-refractivity contribution in [3.63, 3.8) is 0 Å². The average Bonchev–Trinajstić information content (AvgIpc) is 2.89. The molecule has 0 N–H and O–H groups in total. The highest BCUT2D eigenvalue weighted by atomic mass is 19.1. The molecule has 114 valence electrons. The lowest BCUT2D eigenvalue weighted by Crippen LogP contribution is -2.32. The Kier molecular flexibility index (Phi) is 3.66. The van der Waals surface area contributed by atoms with Crippen molar-refractivity contribution < 1.29 is 13.9 Å². The molecule has 1 saturated heterocycles. The van der Waals surface area contributed by atoms with Crippen LogP contribution in [-0.4, -0.2) is 31.2 Å². The van der Waals surface area contributed by atoms with E-state index in [1.807, 2.05) is 13.0 Å². The van der Waals surface area contributed by atoms with E-state index in [0.29, 0.717) is 18.8 Å². The number of urea groups is 1. The van der Waals surface area contributed by atoms with Gasteiger partial charge in [-0.05, 0) is 30.7 Å². The number of aryl methyl sites for hydroxylation is 1. The van der Waals surface area contributed by atoms with Crippen LogP contribution in [0.25, 0.3) is 0 Å². The Balaban J connectivity index is 1.88. The maximum atomic E-state index is 13.8. The predicted octanol–water partition coefficient (Wildman–Crippen LogP) is 2.98. The number of halogens is 1. The molecule has 1 aliphatic rings. The monoisotopic (exact) mass is 301 g/mol. The van der Waals surface area contributed by atoms with Crippen molar-refractivity contribution in [2.45, 2.75) is 6.92 Å². The normalized spacial score (nSPS) is 14.6. The molecule has 2 amide bonds. The van der Waals surface area contributed by atoms with Crippen LogP contribution in [0.2, 0.25) is 0 Å². The zero-order chi connectivity index (χ0) is 15.7. The van der Waals surface area contributed by atoms with Crippen LogP contribution in [0.3, 0.4) is 0 Å². The highest BCUT2D eigenvalue weighted by Gasteiger charge is 2.31. The molecule has 1 aromatic heterocycles. The van der Waals surface area contributed by atoms with Crippen LogP contribution < -0.4 is 14.5 Å². The fraction of sp³-hybridized carbons (Fsp3) is 0.250. The Bertz CT molecular complexity index is 720. The Morgan fingerprint density at radius 2 is 2.00 bits per heavy atom. The second-order valence-electron chi connectivity index (χ2n) is 5.07. The Morgan fingerprint density at radius 1 is 1.23 bits per heavy atom. The van der Waals surface area contributed by atoms with Gasteiger partial charge in [0.05, 0.1) is 19.0 Å². The van der Waals surface area contributed by atoms with E-state index in [9.17, 15) is 9.18 Å². The predicted molar refractivity (Wildman–Crippen MR) is 82.0 cm³/mol. The Morgan fingerprint density at radius 3 is 2.68 bits per heavy atom. The molecule has 6 heteroatoms. The maximum absolute atomic E-state index is 13.8. The summed E-state index contributed by atoms with van der Waals surface area (Å²) in [7, 11) is 1.41. The number of carbonyl (C=O) groups is 1. The molecular weight excluding hydrogens is 285 g/mol. The van der Waals surface area contributed by atoms with Crippen molar-refractivity contribution in [1.29, 1.82) is 0 Å². The molecule has 0 radical (unpaired) electrons. The molecule has 1 aliphatic heterocycles. The first-order valence-electron chi connectivity index (χ1n) is 6.95. The lowest BCUT2D eigenvalue weighted by molar-refractivity contribution is 0.256. The summed E-state index contributed by atoms with van der Waals surface area (Å²) in [6.45, 7) is 2.97. The van der Waals surface area contributed by atoms with E-state index >= 15 is 0 Å². The third-order valence-corrected chi connectivity index (χ3v) is 3.76. The van der Waals surface area contributed by atoms with Crippen LogP contribution in [0.15, 0.2) is 36.7 Å². The summed E-state index contributed by atoms with van der Waals surface area (Å²) in [6.07, 6.45) is 3.36. The lowest BCUT2D eigenvalue weighted by Gasteiger charge is -2.20. The number of hydrogen-bond acceptors (Lipinski definition) is 3. The summed E-state index contributed by atoms with van der Waals surface area (Å²) in [5.74, 6) is -0.320. The summed E-state index contributed by atoms with van der Waals surface area (Å²) in [4.78, 5) is 19.9. The zero-order valence-corrected chi connectivity index (χ0v) is 12.4. The zero-order valence-electron chi connectivity index (χ0n) is 12.4. The Labute approximate surface area is 127 Å². The van der Waals surface area contributed by atoms with E-state index in [2.05, 4.69) is 4.98 Å². The van der Waals surface area contributed by atoms with Crippen molar-refractivity contribution in [3.8, 4) is 5.75 Å². The highest BCUT2D eigenvalue weighted by molar-refractivity contribution is 6.06. The number of anilines is 2. The third kappa shape index (κ3) is 2.36. The molecule has 1 fully saturated rings. The summed E-state index contributed by atoms with van der Waals surface area (Å²) < 4.78 is 18.7. The van der Waals surface area contributed by atoms with Gasteiger partial charge >= 0.3 is 6.03 Å². The van der Waals surface area contributed by atoms with Gasteiger partial charge in [0, 0.05) is 31.0 Å². The van der Waals surface area contributed by atoms with Crippen LogP contribution in [0.4, 0.5) is 20.6 Å². The minimum Gasteiger partial charge on any atom is -0.494 e. The van der Waals surface area contributed by atoms with Crippen molar-refractivity contribution in [3.05, 3.63) is 48.0 Å². The number of rotatable bonds is 3. The molecule has 2 heterocycles. The van der Waals surface area contributed by atoms with Crippen LogP contribution >= 0.6 is 0 Å². The number of carbonyl (C=O) groups excluding carboxylic acids is 1. The van der Waals surface area contributed by atoms with Gasteiger partial charge in [-0.2, -0.15) is 0 Å². The number of nitrogens with zero attached hydrogens (tertiary/aromatic N) is 3. The van der Waals surface area contributed by atoms with Crippen LogP contribution in [0.1, 0.15) is 5.56 Å². The van der Waals surface area contributed by atoms with E-state index in [1.165, 1.54) is 19.2 Å². The Hall–Kier alpha value is -2.63. The fourth-order valence-corrected chi connectivity index (χ4v) is 2.56. The van der Waals surface area contributed by atoms with Crippen LogP contribution in [-0.2, 0) is 0 Å². The second kappa shape index (κ2) is 5.63. The minimum absolute atomic E-state index is 0.162. The maximum Gasteiger partial charge on any atom is 0.329 e. The smallest absolute Gasteiger partial charge is 0.329 e. The van der Waals surface area contributed by atoms with Gasteiger partial charge in [-0.15, -0.1) is 0 Å². The fourth-order valence-electron chi connectivity index (χ4n) is 2.56. The van der Waals surface area contributed by atoms with Gasteiger partial charge in [0.2, 0.25) is 0 Å². The van der Waals surface area contributed by atoms with Crippen molar-refractivity contribution >= 4 is 17.4 Å². The lowest BCUT2D eigenvalue weighted by atomic mass is 10.2. The van der Waals surface area contributed by atoms with Crippen LogP contribution in [0.5, 0.6) is 5.75 Å². The number of benzene rings is 1. The first-order valence-corrected chi connectivity index (χ1v) is 6.95. The molecule has 22 heavy (non-hydrogen) atoms. The molecule has 0 saturated carbocycles. The highest BCUT2D eigenvalue weighted by Crippen LogP contribution is 2.29. The number of hydrogen-bond donors (Lipinski definition) is 0. The molecule has 0 bridgehead atoms. The summed E-state index contributed by atoms with van der Waals surface area (Å²) in [5, 5.41) is 0. The van der Waals surface area contributed by atoms with Crippen molar-refractivity contribution in [2.75, 3.05) is 30.0 Å². The van der Waals surface area contributed by atoms with E-state index < -0.39 is 5.82 Å². The molecule has 5 nitrogen and oxygen atoms in total. The van der Waals surface area contributed by atoms with E-state index in [1.54, 1.807) is 28.3 Å². The molecule has 0 unspecified atom stereocenters. The minimum atomic E-state index is -0.483. The number of pyridine rings is 1. The molecule has 0 aliphatic carbocycles. The summed E-state index contributed by atoms with van der Waals surface area (Å²) in [5.41, 5.74) is 2.28. The SMILES string of the molecule is COc1ccc(N2CCN(c3cnccc3C)C2=O)cc1F. The third-order valence-electron chi connectivity index (χ3n) is 3.76.